The number of amides is 1. The lowest BCUT2D eigenvalue weighted by atomic mass is 9.76. The highest BCUT2D eigenvalue weighted by Crippen LogP contribution is 2.35. The van der Waals surface area contributed by atoms with Gasteiger partial charge in [0.15, 0.2) is 6.61 Å². The van der Waals surface area contributed by atoms with Crippen molar-refractivity contribution in [2.24, 2.45) is 0 Å². The molecule has 1 aliphatic rings. The molecule has 0 spiro atoms. The smallest absolute Gasteiger partial charge is 0.260 e. The van der Waals surface area contributed by atoms with Gasteiger partial charge in [0, 0.05) is 24.2 Å². The van der Waals surface area contributed by atoms with E-state index in [0.717, 1.165) is 31.7 Å². The summed E-state index contributed by atoms with van der Waals surface area (Å²) < 4.78 is 5.56. The van der Waals surface area contributed by atoms with Gasteiger partial charge in [0.05, 0.1) is 6.20 Å². The molecular weight excluding hydrogens is 290 g/mol. The molecular formula is C18H23N3O2. The van der Waals surface area contributed by atoms with Gasteiger partial charge < -0.3 is 9.64 Å². The van der Waals surface area contributed by atoms with Crippen LogP contribution in [0.4, 0.5) is 0 Å². The number of aromatic nitrogens is 2. The van der Waals surface area contributed by atoms with Crippen molar-refractivity contribution in [3.8, 4) is 5.75 Å². The Hall–Kier alpha value is -2.30. The molecule has 1 N–H and O–H groups in total. The van der Waals surface area contributed by atoms with Crippen LogP contribution >= 0.6 is 0 Å². The van der Waals surface area contributed by atoms with Crippen molar-refractivity contribution in [2.75, 3.05) is 19.7 Å². The number of hydrogen-bond acceptors (Lipinski definition) is 3. The average molecular weight is 313 g/mol. The monoisotopic (exact) mass is 313 g/mol. The van der Waals surface area contributed by atoms with Crippen molar-refractivity contribution in [2.45, 2.75) is 32.1 Å². The zero-order valence-corrected chi connectivity index (χ0v) is 13.7. The summed E-state index contributed by atoms with van der Waals surface area (Å²) in [6, 6.07) is 9.46. The van der Waals surface area contributed by atoms with Gasteiger partial charge in [-0.15, -0.1) is 0 Å². The molecule has 0 atom stereocenters. The highest BCUT2D eigenvalue weighted by atomic mass is 16.5. The van der Waals surface area contributed by atoms with Crippen LogP contribution in [0, 0.1) is 6.92 Å². The maximum absolute atomic E-state index is 12.3. The van der Waals surface area contributed by atoms with Crippen LogP contribution in [0.2, 0.25) is 0 Å². The van der Waals surface area contributed by atoms with Crippen molar-refractivity contribution < 1.29 is 9.53 Å². The number of aryl methyl sites for hydroxylation is 1. The number of aromatic amines is 1. The maximum atomic E-state index is 12.3. The first-order valence-corrected chi connectivity index (χ1v) is 8.04. The van der Waals surface area contributed by atoms with Crippen molar-refractivity contribution in [1.29, 1.82) is 0 Å². The van der Waals surface area contributed by atoms with Crippen LogP contribution in [0.5, 0.6) is 5.75 Å². The van der Waals surface area contributed by atoms with E-state index in [-0.39, 0.29) is 17.9 Å². The van der Waals surface area contributed by atoms with Gasteiger partial charge in [-0.25, -0.2) is 0 Å². The highest BCUT2D eigenvalue weighted by molar-refractivity contribution is 5.77. The van der Waals surface area contributed by atoms with Crippen LogP contribution in [0.15, 0.2) is 36.5 Å². The minimum Gasteiger partial charge on any atom is -0.484 e. The number of benzene rings is 1. The zero-order chi connectivity index (χ0) is 16.3. The van der Waals surface area contributed by atoms with Crippen molar-refractivity contribution in [3.63, 3.8) is 0 Å². The zero-order valence-electron chi connectivity index (χ0n) is 13.7. The normalized spacial score (nSPS) is 17.0. The molecule has 0 aliphatic carbocycles. The summed E-state index contributed by atoms with van der Waals surface area (Å²) in [7, 11) is 0. The standard InChI is InChI=1S/C18H23N3O2/c1-14-12-19-20-17(14)18(2)8-10-21(11-9-18)16(22)13-23-15-6-4-3-5-7-15/h3-7,12H,8-11,13H2,1-2H3,(H,19,20). The number of rotatable bonds is 4. The predicted molar refractivity (Wildman–Crippen MR) is 88.4 cm³/mol. The molecule has 0 radical (unpaired) electrons. The number of H-pyrrole nitrogens is 1. The van der Waals surface area contributed by atoms with Crippen LogP contribution in [0.25, 0.3) is 0 Å². The van der Waals surface area contributed by atoms with Crippen molar-refractivity contribution in [3.05, 3.63) is 47.8 Å². The van der Waals surface area contributed by atoms with Gasteiger partial charge in [0.25, 0.3) is 5.91 Å². The van der Waals surface area contributed by atoms with Crippen LogP contribution in [-0.4, -0.2) is 40.7 Å². The van der Waals surface area contributed by atoms with Gasteiger partial charge in [-0.2, -0.15) is 5.10 Å². The Bertz CT molecular complexity index is 658. The Morgan fingerprint density at radius 3 is 2.61 bits per heavy atom. The largest absolute Gasteiger partial charge is 0.484 e. The second kappa shape index (κ2) is 6.44. The van der Waals surface area contributed by atoms with Crippen LogP contribution in [0.3, 0.4) is 0 Å². The van der Waals surface area contributed by atoms with Gasteiger partial charge in [-0.1, -0.05) is 25.1 Å². The molecule has 1 aliphatic heterocycles. The number of hydrogen-bond donors (Lipinski definition) is 1. The molecule has 2 aromatic rings. The first kappa shape index (κ1) is 15.6. The number of piperidine rings is 1. The van der Waals surface area contributed by atoms with Gasteiger partial charge in [0.2, 0.25) is 0 Å². The van der Waals surface area contributed by atoms with E-state index >= 15 is 0 Å². The number of ether oxygens (including phenoxy) is 1. The van der Waals surface area contributed by atoms with Gasteiger partial charge >= 0.3 is 0 Å². The summed E-state index contributed by atoms with van der Waals surface area (Å²) in [5.74, 6) is 0.785. The highest BCUT2D eigenvalue weighted by Gasteiger charge is 2.35. The fraction of sp³-hybridized carbons (Fsp3) is 0.444. The van der Waals surface area contributed by atoms with Crippen molar-refractivity contribution >= 4 is 5.91 Å². The van der Waals surface area contributed by atoms with E-state index in [1.165, 1.54) is 11.3 Å². The van der Waals surface area contributed by atoms with Crippen LogP contribution in [0.1, 0.15) is 31.0 Å². The molecule has 122 valence electrons. The topological polar surface area (TPSA) is 58.2 Å². The lowest BCUT2D eigenvalue weighted by molar-refractivity contribution is -0.134. The molecule has 23 heavy (non-hydrogen) atoms. The molecule has 0 unspecified atom stereocenters. The number of carbonyl (C=O) groups is 1. The SMILES string of the molecule is Cc1cn[nH]c1C1(C)CCN(C(=O)COc2ccccc2)CC1. The number of nitrogens with one attached hydrogen (secondary N) is 1. The van der Waals surface area contributed by atoms with E-state index in [0.29, 0.717) is 0 Å². The lowest BCUT2D eigenvalue weighted by Crippen LogP contribution is -2.45. The predicted octanol–water partition coefficient (Wildman–Crippen LogP) is 2.68. The first-order valence-electron chi connectivity index (χ1n) is 8.04. The second-order valence-corrected chi connectivity index (χ2v) is 6.47. The maximum Gasteiger partial charge on any atom is 0.260 e. The van der Waals surface area contributed by atoms with Crippen LogP contribution < -0.4 is 4.74 Å². The van der Waals surface area contributed by atoms with Gasteiger partial charge in [0.1, 0.15) is 5.75 Å². The minimum absolute atomic E-state index is 0.0530. The molecule has 1 saturated heterocycles. The summed E-state index contributed by atoms with van der Waals surface area (Å²) in [5.41, 5.74) is 2.46. The van der Waals surface area contributed by atoms with Crippen LogP contribution in [-0.2, 0) is 10.2 Å². The summed E-state index contributed by atoms with van der Waals surface area (Å²) >= 11 is 0. The fourth-order valence-electron chi connectivity index (χ4n) is 3.21. The summed E-state index contributed by atoms with van der Waals surface area (Å²) in [6.07, 6.45) is 3.74. The van der Waals surface area contributed by atoms with E-state index < -0.39 is 0 Å². The molecule has 3 rings (SSSR count). The van der Waals surface area contributed by atoms with E-state index in [1.54, 1.807) is 0 Å². The Morgan fingerprint density at radius 2 is 2.00 bits per heavy atom. The summed E-state index contributed by atoms with van der Waals surface area (Å²) in [6.45, 7) is 5.94. The Morgan fingerprint density at radius 1 is 1.30 bits per heavy atom. The Balaban J connectivity index is 1.54. The van der Waals surface area contributed by atoms with E-state index in [1.807, 2.05) is 41.4 Å². The number of likely N-dealkylation sites (tertiary alicyclic amines) is 1. The van der Waals surface area contributed by atoms with Crippen molar-refractivity contribution in [1.82, 2.24) is 15.1 Å². The minimum atomic E-state index is 0.0530. The molecule has 0 bridgehead atoms. The third-order valence-electron chi connectivity index (χ3n) is 4.76. The lowest BCUT2D eigenvalue weighted by Gasteiger charge is -2.39. The number of nitrogens with zero attached hydrogens (tertiary/aromatic N) is 2. The van der Waals surface area contributed by atoms with Gasteiger partial charge in [-0.3, -0.25) is 9.89 Å². The molecule has 5 nitrogen and oxygen atoms in total. The molecule has 2 heterocycles. The first-order chi connectivity index (χ1) is 11.1. The Kier molecular flexibility index (Phi) is 4.37. The fourth-order valence-corrected chi connectivity index (χ4v) is 3.21. The Labute approximate surface area is 136 Å². The van der Waals surface area contributed by atoms with E-state index in [2.05, 4.69) is 24.0 Å². The second-order valence-electron chi connectivity index (χ2n) is 6.47. The molecule has 1 aromatic carbocycles. The quantitative estimate of drug-likeness (QED) is 0.944. The molecule has 1 aromatic heterocycles. The molecule has 1 amide bonds. The summed E-state index contributed by atoms with van der Waals surface area (Å²) in [4.78, 5) is 14.2. The molecule has 5 heteroatoms. The summed E-state index contributed by atoms with van der Waals surface area (Å²) in [5, 5.41) is 7.26. The third kappa shape index (κ3) is 3.38. The third-order valence-corrected chi connectivity index (χ3v) is 4.76. The van der Waals surface area contributed by atoms with E-state index in [4.69, 9.17) is 4.74 Å². The van der Waals surface area contributed by atoms with E-state index in [9.17, 15) is 4.79 Å². The molecule has 1 fully saturated rings. The number of carbonyl (C=O) groups excluding carboxylic acids is 1. The van der Waals surface area contributed by atoms with Gasteiger partial charge in [-0.05, 0) is 37.5 Å². The molecule has 0 saturated carbocycles. The number of para-hydroxylation sites is 1. The average Bonchev–Trinajstić information content (AvgIpc) is 3.01.